The van der Waals surface area contributed by atoms with Gasteiger partial charge in [-0.2, -0.15) is 0 Å². The Labute approximate surface area is 170 Å². The van der Waals surface area contributed by atoms with Crippen LogP contribution in [0.2, 0.25) is 0 Å². The Morgan fingerprint density at radius 1 is 1.14 bits per heavy atom. The van der Waals surface area contributed by atoms with Crippen molar-refractivity contribution in [3.8, 4) is 17.1 Å². The van der Waals surface area contributed by atoms with Gasteiger partial charge >= 0.3 is 0 Å². The maximum absolute atomic E-state index is 10.8. The number of nitro benzene ring substituents is 1. The molecule has 0 saturated heterocycles. The number of aromatic nitrogens is 4. The van der Waals surface area contributed by atoms with E-state index in [1.807, 2.05) is 35.9 Å². The first-order chi connectivity index (χ1) is 14.0. The fraction of sp³-hybridized carbons (Fsp3) is 0.150. The maximum Gasteiger partial charge on any atom is 0.269 e. The standard InChI is InChI=1S/C20H17N5O3S/c1-13-5-3-4-6-17(13)24-12-11-21-20(24)29-14(2)18-22-23-19(28-18)15-7-9-16(10-8-15)25(26)27/h3-12,14H,1-2H3. The van der Waals surface area contributed by atoms with Crippen LogP contribution in [0.15, 0.2) is 70.5 Å². The smallest absolute Gasteiger partial charge is 0.269 e. The van der Waals surface area contributed by atoms with Gasteiger partial charge in [-0.05, 0) is 37.6 Å². The molecule has 0 aliphatic rings. The van der Waals surface area contributed by atoms with Gasteiger partial charge in [0.15, 0.2) is 5.16 Å². The van der Waals surface area contributed by atoms with Crippen molar-refractivity contribution in [2.24, 2.45) is 0 Å². The predicted octanol–water partition coefficient (Wildman–Crippen LogP) is 4.99. The molecule has 2 aromatic heterocycles. The van der Waals surface area contributed by atoms with E-state index in [0.29, 0.717) is 17.3 Å². The minimum atomic E-state index is -0.446. The fourth-order valence-corrected chi connectivity index (χ4v) is 3.75. The lowest BCUT2D eigenvalue weighted by Gasteiger charge is -2.12. The lowest BCUT2D eigenvalue weighted by Crippen LogP contribution is -1.99. The van der Waals surface area contributed by atoms with E-state index in [1.165, 1.54) is 23.9 Å². The molecule has 1 unspecified atom stereocenters. The summed E-state index contributed by atoms with van der Waals surface area (Å²) < 4.78 is 7.83. The van der Waals surface area contributed by atoms with Crippen molar-refractivity contribution in [2.45, 2.75) is 24.3 Å². The highest BCUT2D eigenvalue weighted by molar-refractivity contribution is 7.99. The van der Waals surface area contributed by atoms with Gasteiger partial charge in [-0.15, -0.1) is 10.2 Å². The van der Waals surface area contributed by atoms with E-state index < -0.39 is 4.92 Å². The molecule has 2 heterocycles. The summed E-state index contributed by atoms with van der Waals surface area (Å²) in [6.07, 6.45) is 3.69. The van der Waals surface area contributed by atoms with E-state index in [4.69, 9.17) is 4.42 Å². The summed E-state index contributed by atoms with van der Waals surface area (Å²) in [5.41, 5.74) is 2.86. The van der Waals surface area contributed by atoms with Crippen LogP contribution in [0.4, 0.5) is 5.69 Å². The molecule has 0 aliphatic carbocycles. The number of rotatable bonds is 6. The number of thioether (sulfide) groups is 1. The molecule has 4 aromatic rings. The number of hydrogen-bond donors (Lipinski definition) is 0. The quantitative estimate of drug-likeness (QED) is 0.252. The van der Waals surface area contributed by atoms with Crippen molar-refractivity contribution in [3.63, 3.8) is 0 Å². The normalized spacial score (nSPS) is 12.1. The molecule has 29 heavy (non-hydrogen) atoms. The van der Waals surface area contributed by atoms with Crippen molar-refractivity contribution in [1.82, 2.24) is 19.7 Å². The van der Waals surface area contributed by atoms with Gasteiger partial charge in [0.25, 0.3) is 5.69 Å². The predicted molar refractivity (Wildman–Crippen MR) is 109 cm³/mol. The minimum Gasteiger partial charge on any atom is -0.419 e. The monoisotopic (exact) mass is 407 g/mol. The van der Waals surface area contributed by atoms with Crippen molar-refractivity contribution >= 4 is 17.4 Å². The molecule has 9 heteroatoms. The number of nitrogens with zero attached hydrogens (tertiary/aromatic N) is 5. The molecule has 4 rings (SSSR count). The largest absolute Gasteiger partial charge is 0.419 e. The molecule has 1 atom stereocenters. The third-order valence-electron chi connectivity index (χ3n) is 4.38. The second-order valence-corrected chi connectivity index (χ2v) is 7.68. The number of non-ortho nitro benzene ring substituents is 1. The SMILES string of the molecule is Cc1ccccc1-n1ccnc1SC(C)c1nnc(-c2ccc([N+](=O)[O-])cc2)o1. The Kier molecular flexibility index (Phi) is 5.13. The van der Waals surface area contributed by atoms with Crippen LogP contribution in [-0.4, -0.2) is 24.7 Å². The van der Waals surface area contributed by atoms with E-state index in [-0.39, 0.29) is 10.9 Å². The van der Waals surface area contributed by atoms with Crippen LogP contribution in [0.3, 0.4) is 0 Å². The zero-order chi connectivity index (χ0) is 20.4. The maximum atomic E-state index is 10.8. The van der Waals surface area contributed by atoms with Gasteiger partial charge in [0.05, 0.1) is 15.9 Å². The molecular formula is C20H17N5O3S. The zero-order valence-electron chi connectivity index (χ0n) is 15.7. The summed E-state index contributed by atoms with van der Waals surface area (Å²) >= 11 is 1.51. The van der Waals surface area contributed by atoms with Gasteiger partial charge in [0.2, 0.25) is 11.8 Å². The molecule has 0 amide bonds. The van der Waals surface area contributed by atoms with Crippen LogP contribution in [-0.2, 0) is 0 Å². The summed E-state index contributed by atoms with van der Waals surface area (Å²) in [7, 11) is 0. The number of hydrogen-bond acceptors (Lipinski definition) is 7. The van der Waals surface area contributed by atoms with Crippen molar-refractivity contribution in [1.29, 1.82) is 0 Å². The minimum absolute atomic E-state index is 0.0143. The van der Waals surface area contributed by atoms with Crippen LogP contribution >= 0.6 is 11.8 Å². The summed E-state index contributed by atoms with van der Waals surface area (Å²) in [6, 6.07) is 14.1. The van der Waals surface area contributed by atoms with Gasteiger partial charge in [0, 0.05) is 30.1 Å². The molecule has 0 bridgehead atoms. The lowest BCUT2D eigenvalue weighted by atomic mass is 10.2. The zero-order valence-corrected chi connectivity index (χ0v) is 16.5. The average Bonchev–Trinajstić information content (AvgIpc) is 3.38. The molecule has 0 radical (unpaired) electrons. The average molecular weight is 407 g/mol. The van der Waals surface area contributed by atoms with Crippen molar-refractivity contribution in [3.05, 3.63) is 82.5 Å². The van der Waals surface area contributed by atoms with Gasteiger partial charge < -0.3 is 4.42 Å². The highest BCUT2D eigenvalue weighted by Crippen LogP contribution is 2.35. The number of imidazole rings is 1. The van der Waals surface area contributed by atoms with E-state index in [2.05, 4.69) is 28.2 Å². The Hall–Kier alpha value is -3.46. The number of aryl methyl sites for hydroxylation is 1. The number of para-hydroxylation sites is 1. The molecular weight excluding hydrogens is 390 g/mol. The third-order valence-corrected chi connectivity index (χ3v) is 5.45. The summed E-state index contributed by atoms with van der Waals surface area (Å²) in [4.78, 5) is 14.8. The second-order valence-electron chi connectivity index (χ2n) is 6.38. The fourth-order valence-electron chi connectivity index (χ4n) is 2.84. The van der Waals surface area contributed by atoms with Crippen molar-refractivity contribution in [2.75, 3.05) is 0 Å². The van der Waals surface area contributed by atoms with Crippen LogP contribution in [0.25, 0.3) is 17.1 Å². The Morgan fingerprint density at radius 3 is 2.62 bits per heavy atom. The van der Waals surface area contributed by atoms with Crippen LogP contribution in [0.1, 0.15) is 23.6 Å². The van der Waals surface area contributed by atoms with Crippen LogP contribution < -0.4 is 0 Å². The molecule has 0 spiro atoms. The summed E-state index contributed by atoms with van der Waals surface area (Å²) in [6.45, 7) is 4.02. The van der Waals surface area contributed by atoms with Gasteiger partial charge in [-0.1, -0.05) is 30.0 Å². The Balaban J connectivity index is 1.54. The third kappa shape index (κ3) is 3.90. The van der Waals surface area contributed by atoms with E-state index in [0.717, 1.165) is 16.4 Å². The highest BCUT2D eigenvalue weighted by atomic mass is 32.2. The molecule has 0 N–H and O–H groups in total. The first-order valence-corrected chi connectivity index (χ1v) is 9.75. The van der Waals surface area contributed by atoms with Gasteiger partial charge in [0.1, 0.15) is 0 Å². The van der Waals surface area contributed by atoms with E-state index in [9.17, 15) is 10.1 Å². The Bertz CT molecular complexity index is 1150. The van der Waals surface area contributed by atoms with Gasteiger partial charge in [-0.3, -0.25) is 14.7 Å². The molecule has 0 aliphatic heterocycles. The number of benzene rings is 2. The Morgan fingerprint density at radius 2 is 1.90 bits per heavy atom. The van der Waals surface area contributed by atoms with Crippen molar-refractivity contribution < 1.29 is 9.34 Å². The van der Waals surface area contributed by atoms with Gasteiger partial charge in [-0.25, -0.2) is 4.98 Å². The second kappa shape index (κ2) is 7.88. The molecule has 0 saturated carbocycles. The highest BCUT2D eigenvalue weighted by Gasteiger charge is 2.19. The summed E-state index contributed by atoms with van der Waals surface area (Å²) in [5, 5.41) is 19.7. The van der Waals surface area contributed by atoms with Crippen LogP contribution in [0, 0.1) is 17.0 Å². The topological polar surface area (TPSA) is 99.9 Å². The molecule has 2 aromatic carbocycles. The van der Waals surface area contributed by atoms with E-state index in [1.54, 1.807) is 18.3 Å². The molecule has 0 fully saturated rings. The lowest BCUT2D eigenvalue weighted by molar-refractivity contribution is -0.384. The number of nitro groups is 1. The van der Waals surface area contributed by atoms with Crippen LogP contribution in [0.5, 0.6) is 0 Å². The first-order valence-electron chi connectivity index (χ1n) is 8.87. The first kappa shape index (κ1) is 18.9. The van der Waals surface area contributed by atoms with E-state index >= 15 is 0 Å². The molecule has 8 nitrogen and oxygen atoms in total. The summed E-state index contributed by atoms with van der Waals surface area (Å²) in [5.74, 6) is 0.785. The molecule has 146 valence electrons.